The van der Waals surface area contributed by atoms with E-state index in [2.05, 4.69) is 32.9 Å². The zero-order chi connectivity index (χ0) is 18.6. The molecule has 1 nitrogen and oxygen atoms in total. The Balaban J connectivity index is 0.000000462. The van der Waals surface area contributed by atoms with Gasteiger partial charge < -0.3 is 5.73 Å². The first-order valence-corrected chi connectivity index (χ1v) is 17.4. The summed E-state index contributed by atoms with van der Waals surface area (Å²) in [5, 5.41) is 0. The Bertz CT molecular complexity index is 339. The molecule has 0 atom stereocenters. The van der Waals surface area contributed by atoms with Crippen molar-refractivity contribution in [3.05, 3.63) is 36.1 Å². The van der Waals surface area contributed by atoms with Gasteiger partial charge >= 0.3 is 92.4 Å². The third kappa shape index (κ3) is 17.5. The van der Waals surface area contributed by atoms with Crippen molar-refractivity contribution in [2.45, 2.75) is 90.3 Å². The second-order valence-electron chi connectivity index (χ2n) is 6.65. The molecule has 0 bridgehead atoms. The van der Waals surface area contributed by atoms with Crippen LogP contribution in [0.25, 0.3) is 5.73 Å². The molecule has 0 aliphatic heterocycles. The molecule has 0 amide bonds. The number of thioether (sulfide) groups is 1. The van der Waals surface area contributed by atoms with Crippen molar-refractivity contribution in [1.82, 2.24) is 0 Å². The van der Waals surface area contributed by atoms with Gasteiger partial charge in [-0.2, -0.15) is 6.54 Å². The first-order chi connectivity index (χ1) is 12.3. The van der Waals surface area contributed by atoms with Gasteiger partial charge in [0.2, 0.25) is 0 Å². The molecule has 25 heavy (non-hydrogen) atoms. The molecule has 1 aromatic rings. The maximum atomic E-state index is 8.55. The van der Waals surface area contributed by atoms with Crippen LogP contribution in [0.3, 0.4) is 0 Å². The van der Waals surface area contributed by atoms with Gasteiger partial charge in [0.1, 0.15) is 0 Å². The van der Waals surface area contributed by atoms with E-state index >= 15 is 0 Å². The Morgan fingerprint density at radius 1 is 0.760 bits per heavy atom. The Kier molecular flexibility index (Phi) is 20.9. The molecule has 0 unspecified atom stereocenters. The molecule has 3 heteroatoms. The Labute approximate surface area is 169 Å². The molecule has 0 aromatic heterocycles. The number of rotatable bonds is 14. The van der Waals surface area contributed by atoms with Crippen LogP contribution in [0.1, 0.15) is 72.1 Å². The van der Waals surface area contributed by atoms with Crippen LogP contribution in [0.5, 0.6) is 0 Å². The Hall–Kier alpha value is 0.329. The van der Waals surface area contributed by atoms with Gasteiger partial charge in [-0.25, -0.2) is 0 Å². The van der Waals surface area contributed by atoms with Crippen molar-refractivity contribution in [1.29, 1.82) is 0 Å². The molecule has 0 N–H and O–H groups in total. The third-order valence-electron chi connectivity index (χ3n) is 4.22. The van der Waals surface area contributed by atoms with E-state index in [0.717, 1.165) is 18.6 Å². The number of hydrogen-bond donors (Lipinski definition) is 0. The van der Waals surface area contributed by atoms with Gasteiger partial charge in [-0.3, -0.25) is 0 Å². The van der Waals surface area contributed by atoms with Gasteiger partial charge in [-0.05, 0) is 24.3 Å². The molecule has 0 aliphatic rings. The van der Waals surface area contributed by atoms with Crippen LogP contribution < -0.4 is 0 Å². The standard InChI is InChI=1S/C10H13NS.3C4H9.Sn/c11-8-4-5-9-12-10-6-2-1-3-7-10;3*1-3-4-2;/h1-3,6-7H,4-5,8-9H2;3*1,3-4H2,2H3;/q-1;;;;+1. The number of nitrogens with zero attached hydrogens (tertiary/aromatic N) is 1. The summed E-state index contributed by atoms with van der Waals surface area (Å²) in [5.41, 5.74) is 8.55. The van der Waals surface area contributed by atoms with Gasteiger partial charge in [0.25, 0.3) is 0 Å². The monoisotopic (exact) mass is 470 g/mol. The van der Waals surface area contributed by atoms with Crippen molar-refractivity contribution in [3.63, 3.8) is 0 Å². The minimum atomic E-state index is -0.839. The molecule has 1 radical (unpaired) electrons. The van der Waals surface area contributed by atoms with E-state index in [4.69, 9.17) is 5.73 Å². The first-order valence-electron chi connectivity index (χ1n) is 10.4. The topological polar surface area (TPSA) is 22.3 Å². The van der Waals surface area contributed by atoms with E-state index in [1.54, 1.807) is 13.3 Å². The molecule has 0 aliphatic carbocycles. The third-order valence-corrected chi connectivity index (χ3v) is 14.4. The van der Waals surface area contributed by atoms with Crippen LogP contribution in [0, 0.1) is 0 Å². The van der Waals surface area contributed by atoms with Crippen molar-refractivity contribution in [2.24, 2.45) is 0 Å². The molecule has 0 fully saturated rings. The van der Waals surface area contributed by atoms with E-state index in [-0.39, 0.29) is 0 Å². The largest absolute Gasteiger partial charge is 0.808 e. The second kappa shape index (κ2) is 20.6. The van der Waals surface area contributed by atoms with Crippen LogP contribution in [0.4, 0.5) is 0 Å². The predicted octanol–water partition coefficient (Wildman–Crippen LogP) is 8.28. The second-order valence-corrected chi connectivity index (χ2v) is 16.4. The smallest absolute Gasteiger partial charge is 0.00719 e. The summed E-state index contributed by atoms with van der Waals surface area (Å²) >= 11 is 1.01. The molecule has 1 rings (SSSR count). The fourth-order valence-electron chi connectivity index (χ4n) is 2.58. The van der Waals surface area contributed by atoms with E-state index in [1.165, 1.54) is 43.4 Å². The summed E-state index contributed by atoms with van der Waals surface area (Å²) in [5.74, 6) is 1.10. The maximum absolute atomic E-state index is 8.55. The van der Waals surface area contributed by atoms with Gasteiger partial charge in [-0.1, -0.05) is 24.6 Å². The van der Waals surface area contributed by atoms with Crippen LogP contribution in [0.15, 0.2) is 35.2 Å². The number of benzene rings is 1. The quantitative estimate of drug-likeness (QED) is 0.153. The fraction of sp³-hybridized carbons (Fsp3) is 0.727. The summed E-state index contributed by atoms with van der Waals surface area (Å²) < 4.78 is 5.04. The predicted molar refractivity (Wildman–Crippen MR) is 120 cm³/mol. The molecule has 1 aromatic carbocycles. The van der Waals surface area contributed by atoms with Crippen LogP contribution in [-0.2, 0) is 0 Å². The Morgan fingerprint density at radius 3 is 1.72 bits per heavy atom. The van der Waals surface area contributed by atoms with Crippen LogP contribution in [0.2, 0.25) is 13.3 Å². The summed E-state index contributed by atoms with van der Waals surface area (Å²) in [6, 6.07) is 10.4. The Morgan fingerprint density at radius 2 is 1.28 bits per heavy atom. The van der Waals surface area contributed by atoms with Crippen molar-refractivity contribution < 1.29 is 0 Å². The minimum Gasteiger partial charge on any atom is -0.808 e. The molecule has 0 spiro atoms. The number of unbranched alkanes of at least 4 members (excludes halogenated alkanes) is 4. The molecule has 0 heterocycles. The minimum absolute atomic E-state index is 0.315. The average Bonchev–Trinajstić information content (AvgIpc) is 2.66. The summed E-state index contributed by atoms with van der Waals surface area (Å²) in [4.78, 5) is 1.32. The van der Waals surface area contributed by atoms with Gasteiger partial charge in [-0.15, -0.1) is 11.8 Å². The summed E-state index contributed by atoms with van der Waals surface area (Å²) in [6.45, 7) is 7.32. The van der Waals surface area contributed by atoms with E-state index in [1.807, 2.05) is 30.0 Å². The average molecular weight is 469 g/mol. The summed E-state index contributed by atoms with van der Waals surface area (Å²) in [6.07, 6.45) is 10.9. The van der Waals surface area contributed by atoms with E-state index in [9.17, 15) is 0 Å². The van der Waals surface area contributed by atoms with Gasteiger partial charge in [0, 0.05) is 4.90 Å². The van der Waals surface area contributed by atoms with Crippen LogP contribution >= 0.6 is 11.8 Å². The zero-order valence-electron chi connectivity index (χ0n) is 16.9. The van der Waals surface area contributed by atoms with Crippen LogP contribution in [-0.4, -0.2) is 32.1 Å². The van der Waals surface area contributed by atoms with E-state index in [0.29, 0.717) is 6.54 Å². The molecule has 0 saturated carbocycles. The number of hydrogen-bond acceptors (Lipinski definition) is 1. The normalized spacial score (nSPS) is 10.2. The van der Waals surface area contributed by atoms with Crippen molar-refractivity contribution >= 4 is 31.5 Å². The van der Waals surface area contributed by atoms with Gasteiger partial charge in [0.15, 0.2) is 0 Å². The molecule has 0 saturated heterocycles. The zero-order valence-corrected chi connectivity index (χ0v) is 20.6. The summed E-state index contributed by atoms with van der Waals surface area (Å²) in [7, 11) is 0. The van der Waals surface area contributed by atoms with Crippen molar-refractivity contribution in [3.8, 4) is 0 Å². The molecular formula is C22H40NSSn. The molecular weight excluding hydrogens is 429 g/mol. The van der Waals surface area contributed by atoms with Crippen molar-refractivity contribution in [2.75, 3.05) is 12.3 Å². The van der Waals surface area contributed by atoms with Gasteiger partial charge in [0.05, 0.1) is 0 Å². The maximum Gasteiger partial charge on any atom is 0.00719 e. The fourth-order valence-corrected chi connectivity index (χ4v) is 13.0. The SMILES string of the molecule is CCC[CH2][Sn+]([CH2]CCC)[CH2]CCC.[N-]CCCCSc1ccccc1. The molecule has 143 valence electrons. The van der Waals surface area contributed by atoms with E-state index < -0.39 is 19.8 Å². The first kappa shape index (κ1) is 25.3.